The number of rotatable bonds is 16. The van der Waals surface area contributed by atoms with E-state index in [4.69, 9.17) is 14.4 Å². The molecule has 0 aliphatic rings. The molecular formula is C24H47O5PS. The Hall–Kier alpha value is -0.680. The second-order valence-electron chi connectivity index (χ2n) is 8.43. The summed E-state index contributed by atoms with van der Waals surface area (Å²) in [5.41, 5.74) is 0. The number of ether oxygens (including phenoxy) is 1. The van der Waals surface area contributed by atoms with Crippen LogP contribution in [0.1, 0.15) is 79.1 Å². The normalized spacial score (nSPS) is 12.2. The molecule has 0 aromatic heterocycles. The molecule has 0 amide bonds. The van der Waals surface area contributed by atoms with Crippen molar-refractivity contribution in [3.05, 3.63) is 24.3 Å². The summed E-state index contributed by atoms with van der Waals surface area (Å²) >= 11 is 0. The van der Waals surface area contributed by atoms with E-state index in [2.05, 4.69) is 27.7 Å². The Morgan fingerprint density at radius 3 is 1.45 bits per heavy atom. The van der Waals surface area contributed by atoms with Gasteiger partial charge in [-0.25, -0.2) is 0 Å². The van der Waals surface area contributed by atoms with Crippen molar-refractivity contribution in [3.8, 4) is 5.75 Å². The summed E-state index contributed by atoms with van der Waals surface area (Å²) in [5, 5.41) is 8.45. The standard InChI is InChI=1S/C16H37P.C8H10O5S/c1-5-9-13-17(14-10-6-2,15-11-7-3)16-12-8-4;9-5-6-13-7-1-3-8(4-2-7)14(10,11)12/h17H,5-16H2,1-4H3;1-4,9H,5-6H2,(H,10,11,12). The summed E-state index contributed by atoms with van der Waals surface area (Å²) in [6, 6.07) is 5.25. The summed E-state index contributed by atoms with van der Waals surface area (Å²) in [6.07, 6.45) is 18.1. The van der Waals surface area contributed by atoms with Crippen LogP contribution in [0.4, 0.5) is 0 Å². The zero-order chi connectivity index (χ0) is 23.6. The zero-order valence-electron chi connectivity index (χ0n) is 20.2. The van der Waals surface area contributed by atoms with Gasteiger partial charge in [0.25, 0.3) is 10.1 Å². The van der Waals surface area contributed by atoms with Gasteiger partial charge >= 0.3 is 111 Å². The summed E-state index contributed by atoms with van der Waals surface area (Å²) < 4.78 is 34.9. The third-order valence-electron chi connectivity index (χ3n) is 5.72. The maximum Gasteiger partial charge on any atom is 0.294 e. The van der Waals surface area contributed by atoms with E-state index < -0.39 is 17.4 Å². The maximum atomic E-state index is 10.6. The predicted octanol–water partition coefficient (Wildman–Crippen LogP) is 6.24. The fraction of sp³-hybridized carbons (Fsp3) is 0.750. The molecule has 1 aromatic carbocycles. The molecule has 31 heavy (non-hydrogen) atoms. The molecule has 0 bridgehead atoms. The van der Waals surface area contributed by atoms with Gasteiger partial charge in [0.05, 0.1) is 11.5 Å². The second kappa shape index (κ2) is 17.8. The number of hydrogen-bond donors (Lipinski definition) is 2. The average molecular weight is 479 g/mol. The van der Waals surface area contributed by atoms with E-state index in [0.29, 0.717) is 5.75 Å². The molecule has 1 rings (SSSR count). The van der Waals surface area contributed by atoms with Crippen molar-refractivity contribution in [1.29, 1.82) is 0 Å². The van der Waals surface area contributed by atoms with Gasteiger partial charge in [0.1, 0.15) is 12.4 Å². The molecule has 0 aliphatic heterocycles. The van der Waals surface area contributed by atoms with Crippen LogP contribution in [-0.2, 0) is 10.1 Å². The molecule has 0 saturated carbocycles. The van der Waals surface area contributed by atoms with Crippen molar-refractivity contribution in [3.63, 3.8) is 0 Å². The van der Waals surface area contributed by atoms with Gasteiger partial charge in [0, 0.05) is 0 Å². The summed E-state index contributed by atoms with van der Waals surface area (Å²) in [5.74, 6) is 0.437. The van der Waals surface area contributed by atoms with E-state index in [1.54, 1.807) is 24.6 Å². The van der Waals surface area contributed by atoms with E-state index in [0.717, 1.165) is 0 Å². The molecule has 0 saturated heterocycles. The van der Waals surface area contributed by atoms with Crippen molar-refractivity contribution in [1.82, 2.24) is 0 Å². The number of aliphatic hydroxyl groups excluding tert-OH is 1. The minimum absolute atomic E-state index is 0.111. The summed E-state index contributed by atoms with van der Waals surface area (Å²) in [4.78, 5) is -0.186. The molecule has 0 unspecified atom stereocenters. The minimum Gasteiger partial charge on any atom is -0.491 e. The van der Waals surface area contributed by atoms with E-state index >= 15 is 0 Å². The molecule has 0 heterocycles. The van der Waals surface area contributed by atoms with Crippen LogP contribution in [0.25, 0.3) is 0 Å². The first-order chi connectivity index (χ1) is 14.8. The quantitative estimate of drug-likeness (QED) is 0.217. The number of benzene rings is 1. The second-order valence-corrected chi connectivity index (χ2v) is 14.9. The van der Waals surface area contributed by atoms with Crippen LogP contribution >= 0.6 is 7.26 Å². The third-order valence-corrected chi connectivity index (χ3v) is 12.2. The molecular weight excluding hydrogens is 431 g/mol. The van der Waals surface area contributed by atoms with Gasteiger partial charge < -0.3 is 9.84 Å². The molecule has 0 aliphatic carbocycles. The van der Waals surface area contributed by atoms with Crippen molar-refractivity contribution >= 4 is 17.4 Å². The molecule has 0 spiro atoms. The average Bonchev–Trinajstić information content (AvgIpc) is 2.77. The first-order valence-corrected chi connectivity index (χ1v) is 16.4. The van der Waals surface area contributed by atoms with Crippen LogP contribution in [0.3, 0.4) is 0 Å². The minimum atomic E-state index is -4.15. The van der Waals surface area contributed by atoms with E-state index in [9.17, 15) is 8.42 Å². The largest absolute Gasteiger partial charge is 0.491 e. The molecule has 0 atom stereocenters. The molecule has 1 aromatic rings. The maximum absolute atomic E-state index is 10.6. The summed E-state index contributed by atoms with van der Waals surface area (Å²) in [6.45, 7) is 9.47. The molecule has 2 N–H and O–H groups in total. The predicted molar refractivity (Wildman–Crippen MR) is 136 cm³/mol. The monoisotopic (exact) mass is 478 g/mol. The van der Waals surface area contributed by atoms with Gasteiger partial charge in [-0.05, 0) is 24.3 Å². The summed E-state index contributed by atoms with van der Waals surface area (Å²) in [7, 11) is -5.02. The van der Waals surface area contributed by atoms with Crippen molar-refractivity contribution in [2.75, 3.05) is 37.9 Å². The Bertz CT molecular complexity index is 609. The molecule has 0 fully saturated rings. The Kier molecular flexibility index (Phi) is 17.4. The van der Waals surface area contributed by atoms with Crippen LogP contribution in [0.5, 0.6) is 5.75 Å². The van der Waals surface area contributed by atoms with Crippen molar-refractivity contribution < 1.29 is 22.8 Å². The van der Waals surface area contributed by atoms with Crippen LogP contribution in [0.2, 0.25) is 0 Å². The van der Waals surface area contributed by atoms with Crippen LogP contribution in [-0.4, -0.2) is 55.9 Å². The fourth-order valence-corrected chi connectivity index (χ4v) is 10.2. The molecule has 184 valence electrons. The number of aliphatic hydroxyl groups is 1. The van der Waals surface area contributed by atoms with Crippen molar-refractivity contribution in [2.24, 2.45) is 0 Å². The Morgan fingerprint density at radius 2 is 1.16 bits per heavy atom. The number of hydrogen-bond acceptors (Lipinski definition) is 4. The Balaban J connectivity index is 0.000000590. The molecule has 0 radical (unpaired) electrons. The van der Waals surface area contributed by atoms with Crippen LogP contribution < -0.4 is 4.74 Å². The molecule has 7 heteroatoms. The van der Waals surface area contributed by atoms with Crippen LogP contribution in [0.15, 0.2) is 29.2 Å². The third kappa shape index (κ3) is 14.2. The Morgan fingerprint density at radius 1 is 0.774 bits per heavy atom. The zero-order valence-corrected chi connectivity index (χ0v) is 22.1. The molecule has 5 nitrogen and oxygen atoms in total. The van der Waals surface area contributed by atoms with E-state index in [1.165, 1.54) is 75.6 Å². The first kappa shape index (κ1) is 30.3. The number of unbranched alkanes of at least 4 members (excludes halogenated alkanes) is 4. The Labute approximate surface area is 192 Å². The van der Waals surface area contributed by atoms with Gasteiger partial charge in [-0.3, -0.25) is 4.55 Å². The van der Waals surface area contributed by atoms with Gasteiger partial charge in [-0.15, -0.1) is 0 Å². The smallest absolute Gasteiger partial charge is 0.294 e. The SMILES string of the molecule is CCCC[PH](CCCC)(CCCC)CCCC.O=S(=O)(O)c1ccc(OCCO)cc1. The van der Waals surface area contributed by atoms with Gasteiger partial charge in [-0.2, -0.15) is 8.42 Å². The van der Waals surface area contributed by atoms with Gasteiger partial charge in [0.2, 0.25) is 0 Å². The van der Waals surface area contributed by atoms with Crippen LogP contribution in [0, 0.1) is 0 Å². The van der Waals surface area contributed by atoms with Gasteiger partial charge in [0.15, 0.2) is 0 Å². The first-order valence-electron chi connectivity index (χ1n) is 12.1. The van der Waals surface area contributed by atoms with Crippen molar-refractivity contribution in [2.45, 2.75) is 84.0 Å². The topological polar surface area (TPSA) is 83.8 Å². The van der Waals surface area contributed by atoms with E-state index in [1.807, 2.05) is 0 Å². The van der Waals surface area contributed by atoms with E-state index in [-0.39, 0.29) is 18.1 Å². The fourth-order valence-electron chi connectivity index (χ4n) is 3.83. The van der Waals surface area contributed by atoms with Gasteiger partial charge in [-0.1, -0.05) is 0 Å².